The van der Waals surface area contributed by atoms with E-state index in [0.29, 0.717) is 30.1 Å². The molecule has 4 rings (SSSR count). The zero-order valence-corrected chi connectivity index (χ0v) is 23.4. The quantitative estimate of drug-likeness (QED) is 0.253. The SMILES string of the molecule is C=CCN(C(=O)C1N(CCCCCO)C(=O)[C@@H]2[C@@H](C(=O)OCC)[C@H]3CC(C)C12S3)c1c(C)cccc1Cl. The summed E-state index contributed by atoms with van der Waals surface area (Å²) in [5, 5.41) is 9.65. The maximum atomic E-state index is 14.6. The van der Waals surface area contributed by atoms with Crippen LogP contribution in [0.3, 0.4) is 0 Å². The summed E-state index contributed by atoms with van der Waals surface area (Å²) in [5.74, 6) is -1.77. The predicted molar refractivity (Wildman–Crippen MR) is 147 cm³/mol. The molecule has 1 aromatic rings. The molecule has 3 aliphatic rings. The van der Waals surface area contributed by atoms with Gasteiger partial charge in [0.2, 0.25) is 5.91 Å². The number of hydrogen-bond donors (Lipinski definition) is 1. The number of carbonyl (C=O) groups excluding carboxylic acids is 3. The van der Waals surface area contributed by atoms with Gasteiger partial charge in [-0.15, -0.1) is 18.3 Å². The second-order valence-electron chi connectivity index (χ2n) is 10.3. The van der Waals surface area contributed by atoms with Crippen LogP contribution < -0.4 is 4.90 Å². The van der Waals surface area contributed by atoms with Gasteiger partial charge in [0.1, 0.15) is 6.04 Å². The van der Waals surface area contributed by atoms with E-state index in [-0.39, 0.29) is 48.7 Å². The fourth-order valence-corrected chi connectivity index (χ4v) is 9.38. The summed E-state index contributed by atoms with van der Waals surface area (Å²) in [4.78, 5) is 45.2. The average Bonchev–Trinajstić information content (AvgIpc) is 3.44. The molecule has 6 atom stereocenters. The molecular formula is C28H37ClN2O5S. The molecule has 0 aliphatic carbocycles. The van der Waals surface area contributed by atoms with Crippen LogP contribution in [0.4, 0.5) is 5.69 Å². The van der Waals surface area contributed by atoms with E-state index in [0.717, 1.165) is 18.4 Å². The minimum Gasteiger partial charge on any atom is -0.466 e. The van der Waals surface area contributed by atoms with Crippen molar-refractivity contribution >= 4 is 46.8 Å². The monoisotopic (exact) mass is 548 g/mol. The van der Waals surface area contributed by atoms with Crippen molar-refractivity contribution in [2.75, 3.05) is 31.2 Å². The average molecular weight is 549 g/mol. The number of carbonyl (C=O) groups is 3. The minimum absolute atomic E-state index is 0.0512. The third-order valence-corrected chi connectivity index (χ3v) is 10.5. The van der Waals surface area contributed by atoms with Crippen molar-refractivity contribution in [2.45, 2.75) is 62.5 Å². The Labute approximate surface area is 228 Å². The number of likely N-dealkylation sites (tertiary alicyclic amines) is 1. The highest BCUT2D eigenvalue weighted by atomic mass is 35.5. The molecule has 0 saturated carbocycles. The summed E-state index contributed by atoms with van der Waals surface area (Å²) < 4.78 is 4.70. The molecule has 3 unspecified atom stereocenters. The molecule has 1 spiro atoms. The zero-order valence-electron chi connectivity index (χ0n) is 21.8. The van der Waals surface area contributed by atoms with Gasteiger partial charge in [0.05, 0.1) is 33.9 Å². The van der Waals surface area contributed by atoms with Crippen molar-refractivity contribution in [2.24, 2.45) is 17.8 Å². The number of para-hydroxylation sites is 1. The van der Waals surface area contributed by atoms with Gasteiger partial charge >= 0.3 is 5.97 Å². The number of unbranched alkanes of at least 4 members (excludes halogenated alkanes) is 2. The molecule has 1 N–H and O–H groups in total. The van der Waals surface area contributed by atoms with Gasteiger partial charge in [-0.25, -0.2) is 0 Å². The van der Waals surface area contributed by atoms with Gasteiger partial charge in [-0.2, -0.15) is 0 Å². The van der Waals surface area contributed by atoms with Crippen LogP contribution in [0.5, 0.6) is 0 Å². The lowest BCUT2D eigenvalue weighted by Gasteiger charge is -2.40. The minimum atomic E-state index is -0.737. The van der Waals surface area contributed by atoms with Gasteiger partial charge in [0.15, 0.2) is 0 Å². The number of fused-ring (bicyclic) bond motifs is 1. The summed E-state index contributed by atoms with van der Waals surface area (Å²) >= 11 is 8.25. The van der Waals surface area contributed by atoms with Crippen molar-refractivity contribution < 1.29 is 24.2 Å². The number of thioether (sulfide) groups is 1. The molecule has 37 heavy (non-hydrogen) atoms. The lowest BCUT2D eigenvalue weighted by atomic mass is 9.66. The Bertz CT molecular complexity index is 1050. The first-order chi connectivity index (χ1) is 17.7. The number of aliphatic hydroxyl groups is 1. The van der Waals surface area contributed by atoms with Crippen molar-refractivity contribution in [3.8, 4) is 0 Å². The zero-order chi connectivity index (χ0) is 26.9. The number of rotatable bonds is 11. The molecule has 202 valence electrons. The van der Waals surface area contributed by atoms with E-state index in [1.165, 1.54) is 0 Å². The van der Waals surface area contributed by atoms with E-state index < -0.39 is 22.6 Å². The van der Waals surface area contributed by atoms with Gasteiger partial charge in [-0.05, 0) is 57.1 Å². The van der Waals surface area contributed by atoms with Crippen LogP contribution in [0.2, 0.25) is 5.02 Å². The van der Waals surface area contributed by atoms with Crippen LogP contribution >= 0.6 is 23.4 Å². The van der Waals surface area contributed by atoms with E-state index in [1.807, 2.05) is 19.1 Å². The van der Waals surface area contributed by atoms with E-state index >= 15 is 0 Å². The fraction of sp³-hybridized carbons (Fsp3) is 0.607. The molecule has 2 bridgehead atoms. The number of aryl methyl sites for hydroxylation is 1. The Hall–Kier alpha value is -2.03. The summed E-state index contributed by atoms with van der Waals surface area (Å²) in [6, 6.07) is 4.78. The van der Waals surface area contributed by atoms with E-state index in [1.54, 1.807) is 40.6 Å². The number of halogens is 1. The molecule has 2 amide bonds. The van der Waals surface area contributed by atoms with Crippen molar-refractivity contribution in [3.63, 3.8) is 0 Å². The predicted octanol–water partition coefficient (Wildman–Crippen LogP) is 4.23. The van der Waals surface area contributed by atoms with Crippen LogP contribution in [-0.2, 0) is 19.1 Å². The number of nitrogens with zero attached hydrogens (tertiary/aromatic N) is 2. The summed E-state index contributed by atoms with van der Waals surface area (Å²) in [6.45, 7) is 10.6. The summed E-state index contributed by atoms with van der Waals surface area (Å²) in [5.41, 5.74) is 1.48. The van der Waals surface area contributed by atoms with Crippen LogP contribution in [0.15, 0.2) is 30.9 Å². The van der Waals surface area contributed by atoms with E-state index in [4.69, 9.17) is 16.3 Å². The van der Waals surface area contributed by atoms with Crippen LogP contribution in [0.1, 0.15) is 45.1 Å². The first-order valence-corrected chi connectivity index (χ1v) is 14.4. The topological polar surface area (TPSA) is 87.2 Å². The Morgan fingerprint density at radius 2 is 2.11 bits per heavy atom. The lowest BCUT2D eigenvalue weighted by Crippen LogP contribution is -2.57. The maximum absolute atomic E-state index is 14.6. The van der Waals surface area contributed by atoms with Crippen LogP contribution in [0, 0.1) is 24.7 Å². The molecule has 3 saturated heterocycles. The van der Waals surface area contributed by atoms with Gasteiger partial charge in [0, 0.05) is 24.9 Å². The number of benzene rings is 1. The lowest BCUT2D eigenvalue weighted by molar-refractivity contribution is -0.154. The number of aliphatic hydroxyl groups excluding tert-OH is 1. The molecule has 3 aliphatic heterocycles. The number of esters is 1. The summed E-state index contributed by atoms with van der Waals surface area (Å²) in [6.07, 6.45) is 4.47. The molecule has 9 heteroatoms. The highest BCUT2D eigenvalue weighted by Gasteiger charge is 2.76. The van der Waals surface area contributed by atoms with E-state index in [2.05, 4.69) is 13.5 Å². The second kappa shape index (κ2) is 11.4. The molecule has 1 aromatic carbocycles. The maximum Gasteiger partial charge on any atom is 0.310 e. The number of amides is 2. The molecule has 3 heterocycles. The molecule has 0 radical (unpaired) electrons. The molecule has 7 nitrogen and oxygen atoms in total. The van der Waals surface area contributed by atoms with Crippen molar-refractivity contribution in [1.82, 2.24) is 4.90 Å². The number of hydrogen-bond acceptors (Lipinski definition) is 6. The molecule has 0 aromatic heterocycles. The normalized spacial score (nSPS) is 29.9. The highest BCUT2D eigenvalue weighted by Crippen LogP contribution is 2.69. The van der Waals surface area contributed by atoms with Crippen LogP contribution in [-0.4, -0.2) is 70.1 Å². The fourth-order valence-electron chi connectivity index (χ4n) is 6.65. The largest absolute Gasteiger partial charge is 0.466 e. The number of ether oxygens (including phenoxy) is 1. The van der Waals surface area contributed by atoms with Crippen molar-refractivity contribution in [3.05, 3.63) is 41.4 Å². The van der Waals surface area contributed by atoms with Gasteiger partial charge < -0.3 is 19.6 Å². The van der Waals surface area contributed by atoms with Gasteiger partial charge in [-0.1, -0.05) is 36.7 Å². The third-order valence-electron chi connectivity index (χ3n) is 8.13. The Kier molecular flexibility index (Phi) is 8.61. The Balaban J connectivity index is 1.80. The second-order valence-corrected chi connectivity index (χ2v) is 12.2. The first-order valence-electron chi connectivity index (χ1n) is 13.2. The van der Waals surface area contributed by atoms with Gasteiger partial charge in [-0.3, -0.25) is 14.4 Å². The highest BCUT2D eigenvalue weighted by molar-refractivity contribution is 8.02. The smallest absolute Gasteiger partial charge is 0.310 e. The Morgan fingerprint density at radius 3 is 2.76 bits per heavy atom. The number of anilines is 1. The van der Waals surface area contributed by atoms with Crippen molar-refractivity contribution in [1.29, 1.82) is 0 Å². The standard InChI is InChI=1S/C28H37ClN2O5S/c1-5-13-30(23-17(3)11-10-12-19(23)29)26(34)24-28-18(4)16-20(37-28)21(27(35)36-6-2)22(28)25(33)31(24)14-8-7-9-15-32/h5,10-12,18,20-22,24,32H,1,6-9,13-16H2,2-4H3/t18?,20-,21+,22+,24?,28?/m1/s1. The first kappa shape index (κ1) is 28.0. The summed E-state index contributed by atoms with van der Waals surface area (Å²) in [7, 11) is 0. The van der Waals surface area contributed by atoms with Gasteiger partial charge in [0.25, 0.3) is 5.91 Å². The van der Waals surface area contributed by atoms with Crippen LogP contribution in [0.25, 0.3) is 0 Å². The third kappa shape index (κ3) is 4.59. The molecular weight excluding hydrogens is 512 g/mol. The van der Waals surface area contributed by atoms with E-state index in [9.17, 15) is 19.5 Å². The Morgan fingerprint density at radius 1 is 1.35 bits per heavy atom. The molecule has 3 fully saturated rings.